The van der Waals surface area contributed by atoms with Crippen molar-refractivity contribution in [2.45, 2.75) is 25.1 Å². The molecule has 3 aromatic rings. The van der Waals surface area contributed by atoms with Gasteiger partial charge in [-0.25, -0.2) is 9.31 Å². The average molecular weight is 450 g/mol. The molecule has 2 amide bonds. The Bertz CT molecular complexity index is 1160. The van der Waals surface area contributed by atoms with Crippen molar-refractivity contribution in [3.63, 3.8) is 0 Å². The predicted molar refractivity (Wildman–Crippen MR) is 106 cm³/mol. The number of hydrogen-bond acceptors (Lipinski definition) is 5. The quantitative estimate of drug-likeness (QED) is 0.647. The zero-order valence-electron chi connectivity index (χ0n) is 16.1. The van der Waals surface area contributed by atoms with Crippen LogP contribution in [0.1, 0.15) is 28.8 Å². The standard InChI is InChI=1S/C20H17F3N4O3S/c21-20(22,23)12-2-1-3-13(6-12)25-18(29)30-14-7-19(8-14)10-26(11-19)16(28)15-9-24-27-4-5-31-17(15)27/h1-6,9,14H,7-8,10-11H2,(H,25,29). The average Bonchev–Trinajstić information content (AvgIpc) is 3.25. The van der Waals surface area contributed by atoms with Gasteiger partial charge in [0.2, 0.25) is 0 Å². The van der Waals surface area contributed by atoms with E-state index in [1.54, 1.807) is 21.8 Å². The molecule has 1 saturated heterocycles. The van der Waals surface area contributed by atoms with Gasteiger partial charge in [-0.1, -0.05) is 6.07 Å². The summed E-state index contributed by atoms with van der Waals surface area (Å²) in [5.74, 6) is -0.0604. The summed E-state index contributed by atoms with van der Waals surface area (Å²) >= 11 is 1.46. The smallest absolute Gasteiger partial charge is 0.416 e. The number of likely N-dealkylation sites (tertiary alicyclic amines) is 1. The molecule has 31 heavy (non-hydrogen) atoms. The minimum absolute atomic E-state index is 0.0235. The molecule has 0 bridgehead atoms. The minimum Gasteiger partial charge on any atom is -0.446 e. The number of nitrogens with one attached hydrogen (secondary N) is 1. The van der Waals surface area contributed by atoms with Gasteiger partial charge in [0, 0.05) is 35.8 Å². The maximum atomic E-state index is 12.8. The Balaban J connectivity index is 1.11. The molecule has 0 unspecified atom stereocenters. The highest BCUT2D eigenvalue weighted by molar-refractivity contribution is 7.15. The number of anilines is 1. The van der Waals surface area contributed by atoms with Crippen LogP contribution in [0, 0.1) is 5.41 Å². The monoisotopic (exact) mass is 450 g/mol. The molecule has 1 N–H and O–H groups in total. The normalized spacial score (nSPS) is 18.0. The number of ether oxygens (including phenoxy) is 1. The Kier molecular flexibility index (Phi) is 4.47. The van der Waals surface area contributed by atoms with Gasteiger partial charge in [0.1, 0.15) is 10.9 Å². The number of aromatic nitrogens is 2. The van der Waals surface area contributed by atoms with Gasteiger partial charge in [0.15, 0.2) is 0 Å². The van der Waals surface area contributed by atoms with E-state index >= 15 is 0 Å². The van der Waals surface area contributed by atoms with Crippen molar-refractivity contribution < 1.29 is 27.5 Å². The summed E-state index contributed by atoms with van der Waals surface area (Å²) in [5, 5.41) is 8.37. The summed E-state index contributed by atoms with van der Waals surface area (Å²) in [7, 11) is 0. The zero-order chi connectivity index (χ0) is 21.8. The number of carbonyl (C=O) groups is 2. The van der Waals surface area contributed by atoms with Gasteiger partial charge in [-0.2, -0.15) is 18.3 Å². The Hall–Kier alpha value is -3.08. The third kappa shape index (κ3) is 3.62. The molecule has 5 rings (SSSR count). The van der Waals surface area contributed by atoms with Gasteiger partial charge in [-0.3, -0.25) is 10.1 Å². The van der Waals surface area contributed by atoms with Crippen molar-refractivity contribution in [3.8, 4) is 0 Å². The number of nitrogens with zero attached hydrogens (tertiary/aromatic N) is 3. The van der Waals surface area contributed by atoms with Crippen LogP contribution in [0.4, 0.5) is 23.7 Å². The lowest BCUT2D eigenvalue weighted by molar-refractivity contribution is -0.137. The SMILES string of the molecule is O=C(Nc1cccc(C(F)(F)F)c1)OC1CC2(C1)CN(C(=O)c1cnn3ccsc13)C2. The third-order valence-corrected chi connectivity index (χ3v) is 6.62. The molecule has 1 aromatic carbocycles. The van der Waals surface area contributed by atoms with E-state index in [0.29, 0.717) is 31.5 Å². The Morgan fingerprint density at radius 1 is 1.26 bits per heavy atom. The van der Waals surface area contributed by atoms with Gasteiger partial charge in [0.25, 0.3) is 5.91 Å². The van der Waals surface area contributed by atoms with Crippen LogP contribution in [0.2, 0.25) is 0 Å². The van der Waals surface area contributed by atoms with Crippen molar-refractivity contribution >= 4 is 33.9 Å². The van der Waals surface area contributed by atoms with E-state index in [2.05, 4.69) is 10.4 Å². The maximum absolute atomic E-state index is 12.8. The molecule has 11 heteroatoms. The lowest BCUT2D eigenvalue weighted by Crippen LogP contribution is -2.65. The Morgan fingerprint density at radius 3 is 2.77 bits per heavy atom. The number of carbonyl (C=O) groups excluding carboxylic acids is 2. The summed E-state index contributed by atoms with van der Waals surface area (Å²) in [5.41, 5.74) is -0.295. The van der Waals surface area contributed by atoms with Crippen LogP contribution in [0.5, 0.6) is 0 Å². The van der Waals surface area contributed by atoms with Crippen LogP contribution >= 0.6 is 11.3 Å². The first-order valence-corrected chi connectivity index (χ1v) is 10.5. The molecule has 2 aromatic heterocycles. The Morgan fingerprint density at radius 2 is 2.03 bits per heavy atom. The van der Waals surface area contributed by atoms with Crippen LogP contribution < -0.4 is 5.32 Å². The molecule has 2 aliphatic rings. The molecule has 1 saturated carbocycles. The largest absolute Gasteiger partial charge is 0.446 e. The molecule has 3 heterocycles. The minimum atomic E-state index is -4.48. The number of fused-ring (bicyclic) bond motifs is 1. The number of halogens is 3. The van der Waals surface area contributed by atoms with E-state index in [1.165, 1.54) is 23.5 Å². The van der Waals surface area contributed by atoms with Crippen LogP contribution in [0.25, 0.3) is 4.83 Å². The summed E-state index contributed by atoms with van der Waals surface area (Å²) in [4.78, 5) is 27.3. The van der Waals surface area contributed by atoms with E-state index in [4.69, 9.17) is 4.74 Å². The molecule has 1 aliphatic heterocycles. The van der Waals surface area contributed by atoms with Gasteiger partial charge in [0.05, 0.1) is 17.3 Å². The van der Waals surface area contributed by atoms with Crippen molar-refractivity contribution in [1.29, 1.82) is 0 Å². The van der Waals surface area contributed by atoms with Crippen molar-refractivity contribution in [2.24, 2.45) is 5.41 Å². The first-order valence-electron chi connectivity index (χ1n) is 9.58. The van der Waals surface area contributed by atoms with E-state index in [9.17, 15) is 22.8 Å². The van der Waals surface area contributed by atoms with Gasteiger partial charge < -0.3 is 9.64 Å². The Labute approximate surface area is 178 Å². The molecule has 7 nitrogen and oxygen atoms in total. The van der Waals surface area contributed by atoms with Crippen molar-refractivity contribution in [3.05, 3.63) is 53.2 Å². The molecule has 2 fully saturated rings. The molecular weight excluding hydrogens is 433 g/mol. The molecule has 162 valence electrons. The summed E-state index contributed by atoms with van der Waals surface area (Å²) in [6.07, 6.45) is -0.974. The summed E-state index contributed by atoms with van der Waals surface area (Å²) in [6, 6.07) is 4.39. The van der Waals surface area contributed by atoms with E-state index < -0.39 is 17.8 Å². The summed E-state index contributed by atoms with van der Waals surface area (Å²) in [6.45, 7) is 1.17. The van der Waals surface area contributed by atoms with Crippen molar-refractivity contribution in [1.82, 2.24) is 14.5 Å². The molecule has 1 spiro atoms. The van der Waals surface area contributed by atoms with Crippen LogP contribution in [0.15, 0.2) is 42.0 Å². The number of rotatable bonds is 3. The highest BCUT2D eigenvalue weighted by Crippen LogP contribution is 2.50. The van der Waals surface area contributed by atoms with E-state index in [1.807, 2.05) is 5.38 Å². The number of hydrogen-bond donors (Lipinski definition) is 1. The molecule has 0 atom stereocenters. The fourth-order valence-corrected chi connectivity index (χ4v) is 5.06. The van der Waals surface area contributed by atoms with Gasteiger partial charge in [-0.15, -0.1) is 11.3 Å². The highest BCUT2D eigenvalue weighted by Gasteiger charge is 2.55. The zero-order valence-corrected chi connectivity index (χ0v) is 16.9. The topological polar surface area (TPSA) is 75.9 Å². The van der Waals surface area contributed by atoms with E-state index in [0.717, 1.165) is 17.0 Å². The first kappa shape index (κ1) is 19.9. The van der Waals surface area contributed by atoms with Crippen LogP contribution in [-0.4, -0.2) is 45.7 Å². The number of benzene rings is 1. The predicted octanol–water partition coefficient (Wildman–Crippen LogP) is 4.27. The maximum Gasteiger partial charge on any atom is 0.416 e. The first-order chi connectivity index (χ1) is 14.7. The number of alkyl halides is 3. The van der Waals surface area contributed by atoms with Crippen LogP contribution in [-0.2, 0) is 10.9 Å². The second-order valence-electron chi connectivity index (χ2n) is 8.01. The number of amides is 2. The second-order valence-corrected chi connectivity index (χ2v) is 8.91. The lowest BCUT2D eigenvalue weighted by Gasteiger charge is -2.58. The van der Waals surface area contributed by atoms with Gasteiger partial charge >= 0.3 is 12.3 Å². The van der Waals surface area contributed by atoms with Crippen molar-refractivity contribution in [2.75, 3.05) is 18.4 Å². The van der Waals surface area contributed by atoms with Gasteiger partial charge in [-0.05, 0) is 31.0 Å². The molecular formula is C20H17F3N4O3S. The van der Waals surface area contributed by atoms with Crippen LogP contribution in [0.3, 0.4) is 0 Å². The van der Waals surface area contributed by atoms with E-state index in [-0.39, 0.29) is 23.1 Å². The number of thiazole rings is 1. The lowest BCUT2D eigenvalue weighted by atomic mass is 9.61. The molecule has 0 radical (unpaired) electrons. The molecule has 1 aliphatic carbocycles. The third-order valence-electron chi connectivity index (χ3n) is 5.73. The second kappa shape index (κ2) is 6.98. The fraction of sp³-hybridized carbons (Fsp3) is 0.350. The fourth-order valence-electron chi connectivity index (χ4n) is 4.27. The summed E-state index contributed by atoms with van der Waals surface area (Å²) < 4.78 is 45.3. The highest BCUT2D eigenvalue weighted by atomic mass is 32.1.